The number of phenolic OH excluding ortho intramolecular Hbond substituents is 1. The highest BCUT2D eigenvalue weighted by atomic mass is 16.5. The van der Waals surface area contributed by atoms with Gasteiger partial charge in [-0.3, -0.25) is 0 Å². The van der Waals surface area contributed by atoms with E-state index in [2.05, 4.69) is 35.7 Å². The van der Waals surface area contributed by atoms with Gasteiger partial charge in [-0.2, -0.15) is 0 Å². The first kappa shape index (κ1) is 21.8. The third kappa shape index (κ3) is 4.73. The van der Waals surface area contributed by atoms with Gasteiger partial charge < -0.3 is 24.6 Å². The summed E-state index contributed by atoms with van der Waals surface area (Å²) in [6, 6.07) is 17.9. The Kier molecular flexibility index (Phi) is 6.66. The minimum Gasteiger partial charge on any atom is -0.504 e. The maximum atomic E-state index is 10.1. The SMILES string of the molecule is COc1cc(C)c(/C=C/C2NCCc3cc(OCc4ccccc4)c(OC)cc32)cc1O. The average molecular weight is 432 g/mol. The van der Waals surface area contributed by atoms with Crippen molar-refractivity contribution in [2.45, 2.75) is 26.0 Å². The van der Waals surface area contributed by atoms with Gasteiger partial charge in [0.05, 0.1) is 20.3 Å². The van der Waals surface area contributed by atoms with Crippen molar-refractivity contribution in [3.05, 3.63) is 88.5 Å². The minimum absolute atomic E-state index is 0.0412. The van der Waals surface area contributed by atoms with Crippen LogP contribution in [0, 0.1) is 6.92 Å². The van der Waals surface area contributed by atoms with E-state index < -0.39 is 0 Å². The highest BCUT2D eigenvalue weighted by molar-refractivity contribution is 5.61. The highest BCUT2D eigenvalue weighted by Crippen LogP contribution is 2.37. The molecule has 1 unspecified atom stereocenters. The lowest BCUT2D eigenvalue weighted by atomic mass is 9.92. The Morgan fingerprint density at radius 1 is 1.00 bits per heavy atom. The van der Waals surface area contributed by atoms with Gasteiger partial charge in [-0.15, -0.1) is 0 Å². The number of aromatic hydroxyl groups is 1. The van der Waals surface area contributed by atoms with Crippen LogP contribution >= 0.6 is 0 Å². The molecule has 5 heteroatoms. The van der Waals surface area contributed by atoms with E-state index in [0.29, 0.717) is 12.4 Å². The van der Waals surface area contributed by atoms with Crippen molar-refractivity contribution in [2.75, 3.05) is 20.8 Å². The number of nitrogens with one attached hydrogen (secondary N) is 1. The van der Waals surface area contributed by atoms with Crippen molar-refractivity contribution in [1.29, 1.82) is 0 Å². The molecule has 0 aliphatic carbocycles. The van der Waals surface area contributed by atoms with Gasteiger partial charge in [-0.1, -0.05) is 42.5 Å². The van der Waals surface area contributed by atoms with Crippen molar-refractivity contribution in [1.82, 2.24) is 5.32 Å². The van der Waals surface area contributed by atoms with Crippen LogP contribution in [0.5, 0.6) is 23.0 Å². The fourth-order valence-electron chi connectivity index (χ4n) is 4.00. The molecule has 5 nitrogen and oxygen atoms in total. The molecule has 1 heterocycles. The molecule has 0 aromatic heterocycles. The summed E-state index contributed by atoms with van der Waals surface area (Å²) in [6.07, 6.45) is 5.08. The molecule has 1 atom stereocenters. The minimum atomic E-state index is 0.0412. The quantitative estimate of drug-likeness (QED) is 0.539. The molecule has 4 rings (SSSR count). The number of hydrogen-bond acceptors (Lipinski definition) is 5. The van der Waals surface area contributed by atoms with Crippen LogP contribution in [0.4, 0.5) is 0 Å². The summed E-state index contributed by atoms with van der Waals surface area (Å²) < 4.78 is 16.9. The smallest absolute Gasteiger partial charge is 0.161 e. The molecule has 0 bridgehead atoms. The number of ether oxygens (including phenoxy) is 3. The topological polar surface area (TPSA) is 60.0 Å². The molecule has 3 aromatic rings. The van der Waals surface area contributed by atoms with E-state index >= 15 is 0 Å². The third-order valence-corrected chi connectivity index (χ3v) is 5.79. The number of rotatable bonds is 7. The molecule has 0 saturated carbocycles. The molecule has 0 fully saturated rings. The Balaban J connectivity index is 1.58. The molecule has 0 saturated heterocycles. The van der Waals surface area contributed by atoms with Crippen LogP contribution < -0.4 is 19.5 Å². The molecule has 2 N–H and O–H groups in total. The summed E-state index contributed by atoms with van der Waals surface area (Å²) in [4.78, 5) is 0. The van der Waals surface area contributed by atoms with E-state index in [4.69, 9.17) is 14.2 Å². The zero-order valence-electron chi connectivity index (χ0n) is 18.7. The second-order valence-electron chi connectivity index (χ2n) is 7.90. The van der Waals surface area contributed by atoms with Gasteiger partial charge in [0.25, 0.3) is 0 Å². The maximum Gasteiger partial charge on any atom is 0.161 e. The number of hydrogen-bond donors (Lipinski definition) is 2. The predicted molar refractivity (Wildman–Crippen MR) is 127 cm³/mol. The average Bonchev–Trinajstić information content (AvgIpc) is 2.82. The van der Waals surface area contributed by atoms with Crippen LogP contribution in [-0.4, -0.2) is 25.9 Å². The normalized spacial score (nSPS) is 15.4. The van der Waals surface area contributed by atoms with Crippen LogP contribution in [0.15, 0.2) is 60.7 Å². The van der Waals surface area contributed by atoms with E-state index in [1.807, 2.05) is 37.3 Å². The van der Waals surface area contributed by atoms with Gasteiger partial charge in [-0.05, 0) is 65.4 Å². The third-order valence-electron chi connectivity index (χ3n) is 5.79. The number of aryl methyl sites for hydroxylation is 1. The number of benzene rings is 3. The summed E-state index contributed by atoms with van der Waals surface area (Å²) in [5, 5.41) is 13.7. The fraction of sp³-hybridized carbons (Fsp3) is 0.259. The first-order valence-corrected chi connectivity index (χ1v) is 10.8. The lowest BCUT2D eigenvalue weighted by Gasteiger charge is -2.26. The molecule has 0 amide bonds. The van der Waals surface area contributed by atoms with Crippen LogP contribution in [0.25, 0.3) is 6.08 Å². The summed E-state index contributed by atoms with van der Waals surface area (Å²) in [7, 11) is 3.22. The Morgan fingerprint density at radius 3 is 2.53 bits per heavy atom. The van der Waals surface area contributed by atoms with Crippen LogP contribution in [0.3, 0.4) is 0 Å². The summed E-state index contributed by atoms with van der Waals surface area (Å²) in [6.45, 7) is 3.38. The van der Waals surface area contributed by atoms with Crippen molar-refractivity contribution in [3.63, 3.8) is 0 Å². The van der Waals surface area contributed by atoms with Crippen LogP contribution in [-0.2, 0) is 13.0 Å². The Bertz CT molecular complexity index is 1110. The lowest BCUT2D eigenvalue weighted by molar-refractivity contribution is 0.283. The van der Waals surface area contributed by atoms with Gasteiger partial charge in [0.2, 0.25) is 0 Å². The monoisotopic (exact) mass is 431 g/mol. The van der Waals surface area contributed by atoms with Crippen LogP contribution in [0.1, 0.15) is 33.9 Å². The van der Waals surface area contributed by atoms with E-state index in [9.17, 15) is 5.11 Å². The van der Waals surface area contributed by atoms with Crippen molar-refractivity contribution < 1.29 is 19.3 Å². The van der Waals surface area contributed by atoms with Gasteiger partial charge in [0, 0.05) is 6.54 Å². The Labute approximate surface area is 189 Å². The number of phenols is 1. The first-order valence-electron chi connectivity index (χ1n) is 10.8. The second kappa shape index (κ2) is 9.79. The van der Waals surface area contributed by atoms with Crippen molar-refractivity contribution in [2.24, 2.45) is 0 Å². The second-order valence-corrected chi connectivity index (χ2v) is 7.90. The summed E-state index contributed by atoms with van der Waals surface area (Å²) in [5.74, 6) is 2.10. The maximum absolute atomic E-state index is 10.1. The molecular weight excluding hydrogens is 402 g/mol. The van der Waals surface area contributed by atoms with Gasteiger partial charge in [-0.25, -0.2) is 0 Å². The summed E-state index contributed by atoms with van der Waals surface area (Å²) >= 11 is 0. The molecule has 1 aliphatic rings. The van der Waals surface area contributed by atoms with Crippen molar-refractivity contribution >= 4 is 6.08 Å². The van der Waals surface area contributed by atoms with E-state index in [1.54, 1.807) is 20.3 Å². The molecule has 1 aliphatic heterocycles. The standard InChI is InChI=1S/C27H29NO4/c1-18-13-25(30-2)24(29)14-20(18)9-10-23-22-16-26(31-3)27(15-21(22)11-12-28-23)32-17-19-7-5-4-6-8-19/h4-10,13-16,23,28-29H,11-12,17H2,1-3H3/b10-9+. The highest BCUT2D eigenvalue weighted by Gasteiger charge is 2.21. The van der Waals surface area contributed by atoms with E-state index in [-0.39, 0.29) is 11.8 Å². The van der Waals surface area contributed by atoms with Gasteiger partial charge in [0.15, 0.2) is 23.0 Å². The number of fused-ring (bicyclic) bond motifs is 1. The molecule has 0 radical (unpaired) electrons. The molecule has 3 aromatic carbocycles. The predicted octanol–water partition coefficient (Wildman–Crippen LogP) is 5.20. The van der Waals surface area contributed by atoms with Crippen LogP contribution in [0.2, 0.25) is 0 Å². The van der Waals surface area contributed by atoms with Gasteiger partial charge >= 0.3 is 0 Å². The van der Waals surface area contributed by atoms with Gasteiger partial charge in [0.1, 0.15) is 6.61 Å². The Morgan fingerprint density at radius 2 is 1.78 bits per heavy atom. The van der Waals surface area contributed by atoms with E-state index in [0.717, 1.165) is 41.2 Å². The largest absolute Gasteiger partial charge is 0.504 e. The molecule has 32 heavy (non-hydrogen) atoms. The lowest BCUT2D eigenvalue weighted by Crippen LogP contribution is -2.28. The number of methoxy groups -OCH3 is 2. The zero-order chi connectivity index (χ0) is 22.5. The first-order chi connectivity index (χ1) is 15.6. The molecule has 0 spiro atoms. The Hall–Kier alpha value is -3.44. The van der Waals surface area contributed by atoms with E-state index in [1.165, 1.54) is 11.1 Å². The van der Waals surface area contributed by atoms with Crippen molar-refractivity contribution in [3.8, 4) is 23.0 Å². The molecular formula is C27H29NO4. The molecule has 166 valence electrons. The summed E-state index contributed by atoms with van der Waals surface area (Å²) in [5.41, 5.74) is 5.53. The zero-order valence-corrected chi connectivity index (χ0v) is 18.7. The fourth-order valence-corrected chi connectivity index (χ4v) is 4.00.